The molecule has 1 fully saturated rings. The molecule has 2 aromatic heterocycles. The molecule has 0 spiro atoms. The molecule has 0 saturated carbocycles. The normalized spacial score (nSPS) is 18.7. The van der Waals surface area contributed by atoms with Crippen LogP contribution >= 0.6 is 0 Å². The van der Waals surface area contributed by atoms with E-state index in [-0.39, 0.29) is 0 Å². The van der Waals surface area contributed by atoms with Crippen molar-refractivity contribution in [1.29, 1.82) is 0 Å². The maximum Gasteiger partial charge on any atom is 0.241 e. The molecule has 1 aliphatic rings. The molecule has 24 heavy (non-hydrogen) atoms. The Bertz CT molecular complexity index is 635. The molecule has 3 rings (SSSR count). The molecule has 0 amide bonds. The second-order valence-electron chi connectivity index (χ2n) is 6.40. The standard InChI is InChI=1S/C18H27N5O/c1-4-22(5-2)16-10-9-15(12-19-16)18-20-17(24-21-18)13-23-11-7-6-8-14(23)3/h9-10,12,14H,4-8,11,13H2,1-3H3. The number of aromatic nitrogens is 3. The highest BCUT2D eigenvalue weighted by Crippen LogP contribution is 2.21. The van der Waals surface area contributed by atoms with E-state index in [1.54, 1.807) is 0 Å². The van der Waals surface area contributed by atoms with Crippen LogP contribution in [0.3, 0.4) is 0 Å². The lowest BCUT2D eigenvalue weighted by Gasteiger charge is -2.31. The van der Waals surface area contributed by atoms with Crippen LogP contribution in [0.5, 0.6) is 0 Å². The van der Waals surface area contributed by atoms with Crippen LogP contribution in [-0.4, -0.2) is 45.7 Å². The van der Waals surface area contributed by atoms with Crippen molar-refractivity contribution in [2.75, 3.05) is 24.5 Å². The summed E-state index contributed by atoms with van der Waals surface area (Å²) < 4.78 is 5.45. The van der Waals surface area contributed by atoms with Crippen LogP contribution in [0.2, 0.25) is 0 Å². The van der Waals surface area contributed by atoms with Crippen LogP contribution in [0.4, 0.5) is 5.82 Å². The third-order valence-electron chi connectivity index (χ3n) is 4.84. The van der Waals surface area contributed by atoms with Crippen molar-refractivity contribution in [3.8, 4) is 11.4 Å². The van der Waals surface area contributed by atoms with E-state index in [2.05, 4.69) is 45.7 Å². The average molecular weight is 329 g/mol. The molecule has 130 valence electrons. The predicted octanol–water partition coefficient (Wildman–Crippen LogP) is 3.35. The third kappa shape index (κ3) is 3.75. The van der Waals surface area contributed by atoms with Gasteiger partial charge in [0.2, 0.25) is 11.7 Å². The smallest absolute Gasteiger partial charge is 0.241 e. The fraction of sp³-hybridized carbons (Fsp3) is 0.611. The van der Waals surface area contributed by atoms with Gasteiger partial charge in [-0.15, -0.1) is 0 Å². The summed E-state index contributed by atoms with van der Waals surface area (Å²) in [7, 11) is 0. The van der Waals surface area contributed by atoms with E-state index in [4.69, 9.17) is 4.52 Å². The molecule has 1 atom stereocenters. The van der Waals surface area contributed by atoms with Gasteiger partial charge in [0.15, 0.2) is 0 Å². The molecule has 3 heterocycles. The predicted molar refractivity (Wildman–Crippen MR) is 94.8 cm³/mol. The van der Waals surface area contributed by atoms with Crippen molar-refractivity contribution in [1.82, 2.24) is 20.0 Å². The molecule has 0 aromatic carbocycles. The van der Waals surface area contributed by atoms with Gasteiger partial charge < -0.3 is 9.42 Å². The first-order chi connectivity index (χ1) is 11.7. The Kier molecular flexibility index (Phi) is 5.45. The van der Waals surface area contributed by atoms with Gasteiger partial charge in [-0.05, 0) is 52.3 Å². The van der Waals surface area contributed by atoms with Crippen LogP contribution in [0.15, 0.2) is 22.9 Å². The van der Waals surface area contributed by atoms with E-state index in [0.29, 0.717) is 17.8 Å². The molecule has 1 aliphatic heterocycles. The Morgan fingerprint density at radius 3 is 2.75 bits per heavy atom. The Hall–Kier alpha value is -1.95. The average Bonchev–Trinajstić information content (AvgIpc) is 3.07. The lowest BCUT2D eigenvalue weighted by molar-refractivity contribution is 0.135. The van der Waals surface area contributed by atoms with Gasteiger partial charge in [-0.1, -0.05) is 11.6 Å². The van der Waals surface area contributed by atoms with Gasteiger partial charge in [-0.3, -0.25) is 4.90 Å². The summed E-state index contributed by atoms with van der Waals surface area (Å²) in [5.41, 5.74) is 0.896. The molecule has 6 heteroatoms. The summed E-state index contributed by atoms with van der Waals surface area (Å²) in [5, 5.41) is 4.13. The zero-order chi connectivity index (χ0) is 16.9. The lowest BCUT2D eigenvalue weighted by atomic mass is 10.0. The highest BCUT2D eigenvalue weighted by molar-refractivity contribution is 5.55. The van der Waals surface area contributed by atoms with Gasteiger partial charge in [-0.2, -0.15) is 4.98 Å². The summed E-state index contributed by atoms with van der Waals surface area (Å²) in [6, 6.07) is 4.62. The molecule has 0 N–H and O–H groups in total. The number of nitrogens with zero attached hydrogens (tertiary/aromatic N) is 5. The van der Waals surface area contributed by atoms with E-state index < -0.39 is 0 Å². The van der Waals surface area contributed by atoms with Crippen LogP contribution in [0.1, 0.15) is 45.9 Å². The van der Waals surface area contributed by atoms with Gasteiger partial charge >= 0.3 is 0 Å². The minimum absolute atomic E-state index is 0.587. The molecule has 1 saturated heterocycles. The summed E-state index contributed by atoms with van der Waals surface area (Å²) in [6.07, 6.45) is 5.64. The Balaban J connectivity index is 1.68. The molecule has 1 unspecified atom stereocenters. The van der Waals surface area contributed by atoms with Gasteiger partial charge in [0, 0.05) is 30.9 Å². The van der Waals surface area contributed by atoms with Crippen LogP contribution in [0.25, 0.3) is 11.4 Å². The first kappa shape index (κ1) is 16.9. The first-order valence-corrected chi connectivity index (χ1v) is 8.99. The van der Waals surface area contributed by atoms with Crippen LogP contribution in [-0.2, 0) is 6.54 Å². The second kappa shape index (κ2) is 7.75. The molecule has 0 aliphatic carbocycles. The fourth-order valence-electron chi connectivity index (χ4n) is 3.26. The van der Waals surface area contributed by atoms with Gasteiger partial charge in [0.25, 0.3) is 0 Å². The van der Waals surface area contributed by atoms with E-state index >= 15 is 0 Å². The van der Waals surface area contributed by atoms with Gasteiger partial charge in [0.1, 0.15) is 5.82 Å². The molecule has 0 bridgehead atoms. The van der Waals surface area contributed by atoms with Crippen molar-refractivity contribution in [2.24, 2.45) is 0 Å². The van der Waals surface area contributed by atoms with Crippen LogP contribution < -0.4 is 4.90 Å². The number of likely N-dealkylation sites (tertiary alicyclic amines) is 1. The number of pyridine rings is 1. The van der Waals surface area contributed by atoms with Gasteiger partial charge in [-0.25, -0.2) is 4.98 Å². The van der Waals surface area contributed by atoms with Gasteiger partial charge in [0.05, 0.1) is 6.54 Å². The van der Waals surface area contributed by atoms with Crippen molar-refractivity contribution in [3.05, 3.63) is 24.2 Å². The van der Waals surface area contributed by atoms with Crippen molar-refractivity contribution >= 4 is 5.82 Å². The maximum absolute atomic E-state index is 5.45. The second-order valence-corrected chi connectivity index (χ2v) is 6.40. The quantitative estimate of drug-likeness (QED) is 0.810. The number of rotatable bonds is 6. The van der Waals surface area contributed by atoms with E-state index in [9.17, 15) is 0 Å². The number of anilines is 1. The SMILES string of the molecule is CCN(CC)c1ccc(-c2noc(CN3CCCCC3C)n2)cn1. The monoisotopic (exact) mass is 329 g/mol. The lowest BCUT2D eigenvalue weighted by Crippen LogP contribution is -2.36. The van der Waals surface area contributed by atoms with Crippen molar-refractivity contribution in [3.63, 3.8) is 0 Å². The van der Waals surface area contributed by atoms with Crippen molar-refractivity contribution < 1.29 is 4.52 Å². The number of hydrogen-bond acceptors (Lipinski definition) is 6. The highest BCUT2D eigenvalue weighted by atomic mass is 16.5. The van der Waals surface area contributed by atoms with Crippen LogP contribution in [0, 0.1) is 0 Å². The summed E-state index contributed by atoms with van der Waals surface area (Å²) in [6.45, 7) is 10.3. The maximum atomic E-state index is 5.45. The topological polar surface area (TPSA) is 58.3 Å². The zero-order valence-corrected chi connectivity index (χ0v) is 14.9. The minimum Gasteiger partial charge on any atom is -0.357 e. The van der Waals surface area contributed by atoms with Crippen molar-refractivity contribution in [2.45, 2.75) is 52.6 Å². The fourth-order valence-corrected chi connectivity index (χ4v) is 3.26. The Morgan fingerprint density at radius 2 is 2.08 bits per heavy atom. The Labute approximate surface area is 143 Å². The molecular formula is C18H27N5O. The minimum atomic E-state index is 0.587. The molecular weight excluding hydrogens is 302 g/mol. The first-order valence-electron chi connectivity index (χ1n) is 8.99. The molecule has 2 aromatic rings. The van der Waals surface area contributed by atoms with E-state index in [1.807, 2.05) is 18.3 Å². The Morgan fingerprint density at radius 1 is 1.25 bits per heavy atom. The highest BCUT2D eigenvalue weighted by Gasteiger charge is 2.21. The largest absolute Gasteiger partial charge is 0.357 e. The van der Waals surface area contributed by atoms with E-state index in [1.165, 1.54) is 19.3 Å². The summed E-state index contributed by atoms with van der Waals surface area (Å²) in [4.78, 5) is 13.7. The number of hydrogen-bond donors (Lipinski definition) is 0. The summed E-state index contributed by atoms with van der Waals surface area (Å²) >= 11 is 0. The zero-order valence-electron chi connectivity index (χ0n) is 14.9. The van der Waals surface area contributed by atoms with E-state index in [0.717, 1.165) is 37.6 Å². The number of piperidine rings is 1. The molecule has 6 nitrogen and oxygen atoms in total. The molecule has 0 radical (unpaired) electrons. The summed E-state index contributed by atoms with van der Waals surface area (Å²) in [5.74, 6) is 2.29. The third-order valence-corrected chi connectivity index (χ3v) is 4.84.